The molecule has 2 aliphatic heterocycles. The van der Waals surface area contributed by atoms with Crippen LogP contribution in [0.15, 0.2) is 37.1 Å². The van der Waals surface area contributed by atoms with Crippen molar-refractivity contribution in [3.8, 4) is 0 Å². The topological polar surface area (TPSA) is 119 Å². The third-order valence-corrected chi connectivity index (χ3v) is 10.3. The first-order valence-electron chi connectivity index (χ1n) is 14.5. The Morgan fingerprint density at radius 1 is 1.27 bits per heavy atom. The quantitative estimate of drug-likeness (QED) is 0.496. The van der Waals surface area contributed by atoms with Gasteiger partial charge in [0.15, 0.2) is 11.4 Å². The summed E-state index contributed by atoms with van der Waals surface area (Å²) in [7, 11) is 3.65. The van der Waals surface area contributed by atoms with Crippen LogP contribution in [0.3, 0.4) is 0 Å². The summed E-state index contributed by atoms with van der Waals surface area (Å²) in [5.41, 5.74) is -4.79. The fourth-order valence-corrected chi connectivity index (χ4v) is 8.43. The predicted molar refractivity (Wildman–Crippen MR) is 151 cm³/mol. The highest BCUT2D eigenvalue weighted by Crippen LogP contribution is 2.70. The molecule has 4 aliphatic rings. The van der Waals surface area contributed by atoms with Crippen molar-refractivity contribution in [1.29, 1.82) is 0 Å². The predicted octanol–water partition coefficient (Wildman–Crippen LogP) is 3.23. The van der Waals surface area contributed by atoms with Crippen LogP contribution in [-0.4, -0.2) is 89.0 Å². The third-order valence-electron chi connectivity index (χ3n) is 10.3. The lowest BCUT2D eigenvalue weighted by Crippen LogP contribution is -2.89. The average molecular weight is 572 g/mol. The van der Waals surface area contributed by atoms with E-state index in [2.05, 4.69) is 30.7 Å². The summed E-state index contributed by atoms with van der Waals surface area (Å²) in [5, 5.41) is 15.1. The minimum Gasteiger partial charge on any atom is -0.443 e. The van der Waals surface area contributed by atoms with E-state index in [1.165, 1.54) is 0 Å². The highest BCUT2D eigenvalue weighted by Gasteiger charge is 2.84. The van der Waals surface area contributed by atoms with Crippen molar-refractivity contribution in [3.05, 3.63) is 42.7 Å². The smallest absolute Gasteiger partial charge is 0.407 e. The van der Waals surface area contributed by atoms with Gasteiger partial charge >= 0.3 is 6.09 Å². The molecule has 10 heteroatoms. The molecule has 0 radical (unpaired) electrons. The zero-order valence-electron chi connectivity index (χ0n) is 25.3. The third kappa shape index (κ3) is 4.36. The van der Waals surface area contributed by atoms with Crippen LogP contribution in [0.1, 0.15) is 59.6 Å². The van der Waals surface area contributed by atoms with Gasteiger partial charge in [0.25, 0.3) is 0 Å². The van der Waals surface area contributed by atoms with Crippen LogP contribution in [0, 0.1) is 16.7 Å². The largest absolute Gasteiger partial charge is 0.443 e. The van der Waals surface area contributed by atoms with Gasteiger partial charge in [-0.25, -0.2) is 4.79 Å². The van der Waals surface area contributed by atoms with Gasteiger partial charge in [-0.2, -0.15) is 0 Å². The molecule has 1 spiro atoms. The summed E-state index contributed by atoms with van der Waals surface area (Å²) in [4.78, 5) is 33.9. The van der Waals surface area contributed by atoms with E-state index in [0.717, 1.165) is 12.1 Å². The molecule has 9 atom stereocenters. The summed E-state index contributed by atoms with van der Waals surface area (Å²) in [6.45, 7) is 13.9. The maximum atomic E-state index is 14.6. The van der Waals surface area contributed by atoms with Crippen molar-refractivity contribution in [2.45, 2.75) is 102 Å². The number of hydrogen-bond acceptors (Lipinski definition) is 9. The molecule has 1 aromatic rings. The molecule has 3 heterocycles. The number of carbonyl (C=O) groups is 2. The molecule has 1 amide bonds. The first-order chi connectivity index (χ1) is 19.1. The van der Waals surface area contributed by atoms with Crippen LogP contribution in [0.4, 0.5) is 4.79 Å². The standard InChI is InChI=1S/C31H45N3O7/c1-9-28(4)18-20(35)31-29(5)21(38-26(40-31)34(7)8)13-15-27(2,3)23(29)22(24(36)30(31,6)41-28)39-25(37)33-17-14-19-12-10-11-16-32-19/h9-12,16,21-24,26,36H,1,13-15,17-18H2,2-8H3,(H,33,37)/t21-,22-,23-,24-,26?,28-,29-,30+,31-/m0/s1. The molecule has 2 saturated heterocycles. The molecule has 2 N–H and O–H groups in total. The maximum absolute atomic E-state index is 14.6. The van der Waals surface area contributed by atoms with Gasteiger partial charge in [-0.15, -0.1) is 6.58 Å². The van der Waals surface area contributed by atoms with Crippen molar-refractivity contribution in [3.63, 3.8) is 0 Å². The average Bonchev–Trinajstić information content (AvgIpc) is 2.90. The number of Topliss-reactive ketones (excluding diaryl/α,β-unsaturated/α-hetero) is 1. The number of hydrogen-bond donors (Lipinski definition) is 2. The fraction of sp³-hybridized carbons (Fsp3) is 0.710. The minimum atomic E-state index is -1.58. The molecule has 4 fully saturated rings. The highest BCUT2D eigenvalue weighted by molar-refractivity contribution is 5.93. The van der Waals surface area contributed by atoms with Crippen molar-refractivity contribution < 1.29 is 33.6 Å². The van der Waals surface area contributed by atoms with Gasteiger partial charge in [-0.3, -0.25) is 14.7 Å². The molecule has 10 nitrogen and oxygen atoms in total. The van der Waals surface area contributed by atoms with E-state index in [1.807, 2.05) is 39.2 Å². The molecule has 2 aliphatic carbocycles. The first kappa shape index (κ1) is 30.1. The zero-order valence-corrected chi connectivity index (χ0v) is 25.3. The number of amides is 1. The molecule has 2 saturated carbocycles. The number of aliphatic hydroxyl groups is 1. The molecule has 5 rings (SSSR count). The minimum absolute atomic E-state index is 0.0357. The van der Waals surface area contributed by atoms with E-state index in [4.69, 9.17) is 18.9 Å². The van der Waals surface area contributed by atoms with E-state index in [0.29, 0.717) is 19.4 Å². The molecule has 226 valence electrons. The second-order valence-corrected chi connectivity index (χ2v) is 13.6. The summed E-state index contributed by atoms with van der Waals surface area (Å²) in [6.07, 6.45) is 1.01. The number of nitrogens with zero attached hydrogens (tertiary/aromatic N) is 2. The van der Waals surface area contributed by atoms with Crippen molar-refractivity contribution in [2.75, 3.05) is 20.6 Å². The van der Waals surface area contributed by atoms with Crippen LogP contribution in [0.5, 0.6) is 0 Å². The Morgan fingerprint density at radius 2 is 2.00 bits per heavy atom. The molecule has 0 bridgehead atoms. The molecular formula is C31H45N3O7. The molecular weight excluding hydrogens is 526 g/mol. The van der Waals surface area contributed by atoms with Gasteiger partial charge in [0, 0.05) is 42.6 Å². The number of alkyl carbamates (subject to hydrolysis) is 1. The van der Waals surface area contributed by atoms with Crippen LogP contribution in [0.2, 0.25) is 0 Å². The molecule has 1 aromatic heterocycles. The van der Waals surface area contributed by atoms with Crippen molar-refractivity contribution in [2.24, 2.45) is 16.7 Å². The van der Waals surface area contributed by atoms with Crippen molar-refractivity contribution in [1.82, 2.24) is 15.2 Å². The number of ketones is 1. The number of rotatable bonds is 6. The first-order valence-corrected chi connectivity index (χ1v) is 14.5. The number of nitrogens with one attached hydrogen (secondary N) is 1. The Morgan fingerprint density at radius 3 is 2.63 bits per heavy atom. The molecule has 1 unspecified atom stereocenters. The number of aromatic nitrogens is 1. The van der Waals surface area contributed by atoms with Crippen LogP contribution in [-0.2, 0) is 30.2 Å². The van der Waals surface area contributed by atoms with Gasteiger partial charge in [0.1, 0.15) is 17.8 Å². The van der Waals surface area contributed by atoms with Gasteiger partial charge in [0.05, 0.1) is 11.7 Å². The Balaban J connectivity index is 1.57. The Hall–Kier alpha value is -2.37. The highest BCUT2D eigenvalue weighted by atomic mass is 16.7. The Kier molecular flexibility index (Phi) is 7.43. The molecule has 41 heavy (non-hydrogen) atoms. The van der Waals surface area contributed by atoms with E-state index < -0.39 is 64.4 Å². The summed E-state index contributed by atoms with van der Waals surface area (Å²) in [5.74, 6) is -0.654. The van der Waals surface area contributed by atoms with E-state index >= 15 is 0 Å². The van der Waals surface area contributed by atoms with Crippen molar-refractivity contribution >= 4 is 11.9 Å². The summed E-state index contributed by atoms with van der Waals surface area (Å²) >= 11 is 0. The number of carbonyl (C=O) groups excluding carboxylic acids is 2. The SMILES string of the molecule is C=C[C@@]1(C)CC(=O)[C@@]23OC(N(C)C)O[C@H]4CCC(C)(C)[C@H]([C@H](OC(=O)NCCc5ccccn5)[C@H](O)[C@@]2(C)O1)[C@]43C. The lowest BCUT2D eigenvalue weighted by atomic mass is 9.39. The lowest BCUT2D eigenvalue weighted by molar-refractivity contribution is -0.456. The van der Waals surface area contributed by atoms with E-state index in [1.54, 1.807) is 31.0 Å². The summed E-state index contributed by atoms with van der Waals surface area (Å²) in [6, 6.07) is 5.62. The second-order valence-electron chi connectivity index (χ2n) is 13.6. The van der Waals surface area contributed by atoms with E-state index in [9.17, 15) is 14.7 Å². The van der Waals surface area contributed by atoms with Crippen LogP contribution >= 0.6 is 0 Å². The number of pyridine rings is 1. The number of aliphatic hydroxyl groups excluding tert-OH is 1. The van der Waals surface area contributed by atoms with Gasteiger partial charge in [-0.1, -0.05) is 32.9 Å². The lowest BCUT2D eigenvalue weighted by Gasteiger charge is -2.74. The van der Waals surface area contributed by atoms with Crippen LogP contribution in [0.25, 0.3) is 0 Å². The number of ether oxygens (including phenoxy) is 4. The second kappa shape index (κ2) is 10.1. The fourth-order valence-electron chi connectivity index (χ4n) is 8.43. The Labute approximate surface area is 242 Å². The Bertz CT molecular complexity index is 1190. The zero-order chi connectivity index (χ0) is 30.0. The normalized spacial score (nSPS) is 43.0. The summed E-state index contributed by atoms with van der Waals surface area (Å²) < 4.78 is 26.1. The van der Waals surface area contributed by atoms with Gasteiger partial charge < -0.3 is 29.4 Å². The van der Waals surface area contributed by atoms with Crippen LogP contribution < -0.4 is 5.32 Å². The molecule has 0 aromatic carbocycles. The monoisotopic (exact) mass is 571 g/mol. The maximum Gasteiger partial charge on any atom is 0.407 e. The van der Waals surface area contributed by atoms with E-state index in [-0.39, 0.29) is 12.2 Å². The van der Waals surface area contributed by atoms with Gasteiger partial charge in [0.2, 0.25) is 6.41 Å². The van der Waals surface area contributed by atoms with Gasteiger partial charge in [-0.05, 0) is 58.3 Å².